The number of rotatable bonds is 1. The van der Waals surface area contributed by atoms with Gasteiger partial charge in [0, 0.05) is 11.4 Å². The molecule has 11 heavy (non-hydrogen) atoms. The van der Waals surface area contributed by atoms with Crippen LogP contribution in [0.2, 0.25) is 0 Å². The Bertz CT molecular complexity index is 215. The van der Waals surface area contributed by atoms with Gasteiger partial charge in [0.1, 0.15) is 0 Å². The van der Waals surface area contributed by atoms with Crippen molar-refractivity contribution in [1.29, 1.82) is 0 Å². The topological polar surface area (TPSA) is 52.0 Å². The van der Waals surface area contributed by atoms with Gasteiger partial charge in [-0.3, -0.25) is 0 Å². The van der Waals surface area contributed by atoms with Gasteiger partial charge in [0.15, 0.2) is 0 Å². The molecule has 0 saturated carbocycles. The van der Waals surface area contributed by atoms with E-state index in [2.05, 4.69) is 0 Å². The highest BCUT2D eigenvalue weighted by Crippen LogP contribution is 2.18. The molecule has 4 N–H and O–H groups in total. The highest BCUT2D eigenvalue weighted by Gasteiger charge is 1.98. The van der Waals surface area contributed by atoms with Crippen molar-refractivity contribution >= 4 is 23.8 Å². The Labute approximate surface area is 73.0 Å². The van der Waals surface area contributed by atoms with Gasteiger partial charge < -0.3 is 11.5 Å². The summed E-state index contributed by atoms with van der Waals surface area (Å²) in [6.45, 7) is 2.04. The van der Waals surface area contributed by atoms with Crippen LogP contribution in [-0.2, 0) is 6.42 Å². The lowest BCUT2D eigenvalue weighted by Gasteiger charge is -2.04. The molecule has 0 aliphatic heterocycles. The Morgan fingerprint density at radius 2 is 1.64 bits per heavy atom. The summed E-state index contributed by atoms with van der Waals surface area (Å²) in [5, 5.41) is 0. The average molecular weight is 173 g/mol. The fourth-order valence-electron chi connectivity index (χ4n) is 1.03. The molecule has 0 aliphatic rings. The highest BCUT2D eigenvalue weighted by atomic mass is 35.5. The summed E-state index contributed by atoms with van der Waals surface area (Å²) < 4.78 is 0. The van der Waals surface area contributed by atoms with E-state index in [1.165, 1.54) is 0 Å². The van der Waals surface area contributed by atoms with Crippen molar-refractivity contribution < 1.29 is 0 Å². The Hall–Kier alpha value is -0.890. The van der Waals surface area contributed by atoms with Crippen molar-refractivity contribution in [1.82, 2.24) is 0 Å². The third-order valence-corrected chi connectivity index (χ3v) is 1.60. The van der Waals surface area contributed by atoms with Crippen LogP contribution < -0.4 is 11.5 Å². The Morgan fingerprint density at radius 3 is 1.91 bits per heavy atom. The molecule has 1 aromatic carbocycles. The Balaban J connectivity index is 0.000001000. The molecular formula is C8H13ClN2. The van der Waals surface area contributed by atoms with Crippen molar-refractivity contribution in [3.63, 3.8) is 0 Å². The van der Waals surface area contributed by atoms with E-state index in [1.54, 1.807) is 0 Å². The lowest BCUT2D eigenvalue weighted by molar-refractivity contribution is 1.15. The van der Waals surface area contributed by atoms with Gasteiger partial charge in [-0.15, -0.1) is 12.4 Å². The van der Waals surface area contributed by atoms with Crippen molar-refractivity contribution in [2.75, 3.05) is 11.5 Å². The van der Waals surface area contributed by atoms with Crippen LogP contribution in [0.5, 0.6) is 0 Å². The molecule has 0 spiro atoms. The molecule has 0 atom stereocenters. The predicted molar refractivity (Wildman–Crippen MR) is 51.9 cm³/mol. The van der Waals surface area contributed by atoms with Gasteiger partial charge in [0.25, 0.3) is 0 Å². The molecule has 3 heteroatoms. The second kappa shape index (κ2) is 4.09. The van der Waals surface area contributed by atoms with Gasteiger partial charge in [0.2, 0.25) is 0 Å². The summed E-state index contributed by atoms with van der Waals surface area (Å²) in [5.74, 6) is 0. The van der Waals surface area contributed by atoms with Gasteiger partial charge >= 0.3 is 0 Å². The molecule has 0 saturated heterocycles. The Morgan fingerprint density at radius 1 is 1.18 bits per heavy atom. The van der Waals surface area contributed by atoms with Crippen LogP contribution in [0.4, 0.5) is 11.4 Å². The fourth-order valence-corrected chi connectivity index (χ4v) is 1.03. The standard InChI is InChI=1S/C8H12N2.ClH/c1-2-6-7(9)4-3-5-8(6)10;/h3-5H,2,9-10H2,1H3;1H. The van der Waals surface area contributed by atoms with Crippen molar-refractivity contribution in [2.45, 2.75) is 13.3 Å². The average Bonchev–Trinajstić information content (AvgIpc) is 1.88. The largest absolute Gasteiger partial charge is 0.398 e. The summed E-state index contributed by atoms with van der Waals surface area (Å²) >= 11 is 0. The number of halogens is 1. The smallest absolute Gasteiger partial charge is 0.0367 e. The molecule has 0 aliphatic carbocycles. The van der Waals surface area contributed by atoms with E-state index in [0.29, 0.717) is 0 Å². The lowest BCUT2D eigenvalue weighted by Crippen LogP contribution is -1.97. The van der Waals surface area contributed by atoms with Gasteiger partial charge in [0.05, 0.1) is 0 Å². The van der Waals surface area contributed by atoms with E-state index >= 15 is 0 Å². The van der Waals surface area contributed by atoms with E-state index in [9.17, 15) is 0 Å². The van der Waals surface area contributed by atoms with E-state index in [4.69, 9.17) is 11.5 Å². The monoisotopic (exact) mass is 172 g/mol. The third-order valence-electron chi connectivity index (χ3n) is 1.60. The molecule has 0 bridgehead atoms. The van der Waals surface area contributed by atoms with E-state index in [-0.39, 0.29) is 12.4 Å². The van der Waals surface area contributed by atoms with Gasteiger partial charge in [-0.2, -0.15) is 0 Å². The van der Waals surface area contributed by atoms with E-state index < -0.39 is 0 Å². The molecular weight excluding hydrogens is 160 g/mol. The lowest BCUT2D eigenvalue weighted by atomic mass is 10.1. The summed E-state index contributed by atoms with van der Waals surface area (Å²) in [4.78, 5) is 0. The molecule has 0 fully saturated rings. The number of nitrogens with two attached hydrogens (primary N) is 2. The minimum absolute atomic E-state index is 0. The van der Waals surface area contributed by atoms with Crippen molar-refractivity contribution in [3.05, 3.63) is 23.8 Å². The summed E-state index contributed by atoms with van der Waals surface area (Å²) in [6.07, 6.45) is 0.901. The van der Waals surface area contributed by atoms with Crippen LogP contribution >= 0.6 is 12.4 Å². The number of benzene rings is 1. The fraction of sp³-hybridized carbons (Fsp3) is 0.250. The second-order valence-electron chi connectivity index (χ2n) is 2.27. The molecule has 1 aromatic rings. The summed E-state index contributed by atoms with van der Waals surface area (Å²) in [6, 6.07) is 5.61. The first kappa shape index (κ1) is 10.1. The van der Waals surface area contributed by atoms with Crippen LogP contribution in [0.25, 0.3) is 0 Å². The molecule has 2 nitrogen and oxygen atoms in total. The maximum absolute atomic E-state index is 5.65. The summed E-state index contributed by atoms with van der Waals surface area (Å²) in [5.41, 5.74) is 13.9. The van der Waals surface area contributed by atoms with Crippen molar-refractivity contribution in [3.8, 4) is 0 Å². The van der Waals surface area contributed by atoms with E-state index in [0.717, 1.165) is 23.4 Å². The molecule has 0 heterocycles. The number of nitrogen functional groups attached to an aromatic ring is 2. The number of hydrogen-bond acceptors (Lipinski definition) is 2. The number of anilines is 2. The van der Waals surface area contributed by atoms with Gasteiger partial charge in [-0.05, 0) is 24.1 Å². The third kappa shape index (κ3) is 2.02. The first-order valence-corrected chi connectivity index (χ1v) is 3.38. The second-order valence-corrected chi connectivity index (χ2v) is 2.27. The Kier molecular flexibility index (Phi) is 3.76. The van der Waals surface area contributed by atoms with E-state index in [1.807, 2.05) is 25.1 Å². The first-order chi connectivity index (χ1) is 4.75. The normalized spacial score (nSPS) is 8.82. The minimum atomic E-state index is 0. The molecule has 62 valence electrons. The molecule has 0 radical (unpaired) electrons. The highest BCUT2D eigenvalue weighted by molar-refractivity contribution is 5.85. The van der Waals surface area contributed by atoms with Crippen LogP contribution in [-0.4, -0.2) is 0 Å². The SMILES string of the molecule is CCc1c(N)cccc1N.Cl. The number of hydrogen-bond donors (Lipinski definition) is 2. The van der Waals surface area contributed by atoms with Crippen LogP contribution in [0.15, 0.2) is 18.2 Å². The quantitative estimate of drug-likeness (QED) is 0.636. The van der Waals surface area contributed by atoms with Gasteiger partial charge in [-0.1, -0.05) is 13.0 Å². The van der Waals surface area contributed by atoms with Crippen LogP contribution in [0.1, 0.15) is 12.5 Å². The molecule has 0 amide bonds. The molecule has 0 aromatic heterocycles. The van der Waals surface area contributed by atoms with Crippen LogP contribution in [0, 0.1) is 0 Å². The van der Waals surface area contributed by atoms with Crippen LogP contribution in [0.3, 0.4) is 0 Å². The minimum Gasteiger partial charge on any atom is -0.398 e. The zero-order valence-electron chi connectivity index (χ0n) is 6.50. The predicted octanol–water partition coefficient (Wildman–Crippen LogP) is 1.84. The zero-order chi connectivity index (χ0) is 7.56. The van der Waals surface area contributed by atoms with Crippen molar-refractivity contribution in [2.24, 2.45) is 0 Å². The summed E-state index contributed by atoms with van der Waals surface area (Å²) in [7, 11) is 0. The maximum atomic E-state index is 5.65. The zero-order valence-corrected chi connectivity index (χ0v) is 7.32. The van der Waals surface area contributed by atoms with Gasteiger partial charge in [-0.25, -0.2) is 0 Å². The molecule has 0 unspecified atom stereocenters. The first-order valence-electron chi connectivity index (χ1n) is 3.38. The molecule has 1 rings (SSSR count). The maximum Gasteiger partial charge on any atom is 0.0367 e.